The van der Waals surface area contributed by atoms with Gasteiger partial charge in [-0.1, -0.05) is 37.6 Å². The molecule has 0 saturated carbocycles. The Bertz CT molecular complexity index is 446. The third-order valence-corrected chi connectivity index (χ3v) is 4.36. The highest BCUT2D eigenvalue weighted by Gasteiger charge is 2.36. The van der Waals surface area contributed by atoms with E-state index in [2.05, 4.69) is 28.9 Å². The van der Waals surface area contributed by atoms with Crippen molar-refractivity contribution in [2.45, 2.75) is 25.8 Å². The molecule has 2 bridgehead atoms. The normalized spacial score (nSPS) is 29.4. The molecule has 0 amide bonds. The number of benzene rings is 1. The van der Waals surface area contributed by atoms with Crippen molar-refractivity contribution in [2.24, 2.45) is 0 Å². The first-order chi connectivity index (χ1) is 9.28. The fraction of sp³-hybridized carbons (Fsp3) is 0.562. The van der Waals surface area contributed by atoms with Gasteiger partial charge in [-0.2, -0.15) is 0 Å². The molecular formula is C16H22N2O. The maximum absolute atomic E-state index is 12.6. The molecule has 102 valence electrons. The van der Waals surface area contributed by atoms with Crippen LogP contribution in [0.1, 0.15) is 29.3 Å². The van der Waals surface area contributed by atoms with Crippen LogP contribution in [0.25, 0.3) is 0 Å². The molecule has 3 aliphatic heterocycles. The fourth-order valence-electron chi connectivity index (χ4n) is 3.18. The number of fused-ring (bicyclic) bond motifs is 3. The number of rotatable bonds is 4. The van der Waals surface area contributed by atoms with Gasteiger partial charge < -0.3 is 0 Å². The van der Waals surface area contributed by atoms with Crippen molar-refractivity contribution < 1.29 is 4.79 Å². The second kappa shape index (κ2) is 5.43. The van der Waals surface area contributed by atoms with E-state index in [1.165, 1.54) is 5.56 Å². The highest BCUT2D eigenvalue weighted by molar-refractivity contribution is 6.00. The maximum atomic E-state index is 12.6. The summed E-state index contributed by atoms with van der Waals surface area (Å²) in [5.41, 5.74) is 2.20. The lowest BCUT2D eigenvalue weighted by Gasteiger charge is -2.46. The summed E-state index contributed by atoms with van der Waals surface area (Å²) >= 11 is 0. The predicted octanol–water partition coefficient (Wildman–Crippen LogP) is 1.82. The summed E-state index contributed by atoms with van der Waals surface area (Å²) in [5, 5.41) is 0. The molecule has 0 spiro atoms. The van der Waals surface area contributed by atoms with Crippen LogP contribution in [0.5, 0.6) is 0 Å². The van der Waals surface area contributed by atoms with Crippen molar-refractivity contribution >= 4 is 5.78 Å². The van der Waals surface area contributed by atoms with E-state index < -0.39 is 0 Å². The number of hydrogen-bond acceptors (Lipinski definition) is 3. The number of aryl methyl sites for hydroxylation is 1. The minimum absolute atomic E-state index is 0.0829. The number of hydrogen-bond donors (Lipinski definition) is 0. The summed E-state index contributed by atoms with van der Waals surface area (Å²) in [7, 11) is 0. The van der Waals surface area contributed by atoms with Crippen LogP contribution < -0.4 is 0 Å². The summed E-state index contributed by atoms with van der Waals surface area (Å²) in [4.78, 5) is 17.4. The molecule has 3 nitrogen and oxygen atoms in total. The van der Waals surface area contributed by atoms with E-state index in [0.717, 1.165) is 51.1 Å². The van der Waals surface area contributed by atoms with Crippen LogP contribution in [0.4, 0.5) is 0 Å². The van der Waals surface area contributed by atoms with Gasteiger partial charge >= 0.3 is 0 Å². The van der Waals surface area contributed by atoms with E-state index in [0.29, 0.717) is 5.78 Å². The SMILES string of the molecule is CCCc1ccc(C(=O)C2CN3CCN2CC3)cc1. The second-order valence-corrected chi connectivity index (χ2v) is 5.66. The fourth-order valence-corrected chi connectivity index (χ4v) is 3.18. The van der Waals surface area contributed by atoms with Gasteiger partial charge in [-0.3, -0.25) is 14.6 Å². The molecule has 3 saturated heterocycles. The number of Topliss-reactive ketones (excluding diaryl/α,β-unsaturated/α-hetero) is 1. The van der Waals surface area contributed by atoms with E-state index in [4.69, 9.17) is 0 Å². The van der Waals surface area contributed by atoms with Gasteiger partial charge in [0.05, 0.1) is 6.04 Å². The van der Waals surface area contributed by atoms with Crippen molar-refractivity contribution in [1.82, 2.24) is 9.80 Å². The van der Waals surface area contributed by atoms with Crippen LogP contribution in [0.3, 0.4) is 0 Å². The van der Waals surface area contributed by atoms with Crippen molar-refractivity contribution in [3.05, 3.63) is 35.4 Å². The Morgan fingerprint density at radius 2 is 1.84 bits per heavy atom. The molecule has 3 fully saturated rings. The van der Waals surface area contributed by atoms with Gasteiger partial charge in [0.1, 0.15) is 0 Å². The summed E-state index contributed by atoms with van der Waals surface area (Å²) < 4.78 is 0. The number of piperazine rings is 3. The van der Waals surface area contributed by atoms with Gasteiger partial charge in [-0.25, -0.2) is 0 Å². The molecule has 3 heterocycles. The van der Waals surface area contributed by atoms with Gasteiger partial charge in [0.25, 0.3) is 0 Å². The van der Waals surface area contributed by atoms with Crippen LogP contribution in [0.2, 0.25) is 0 Å². The minimum Gasteiger partial charge on any atom is -0.299 e. The largest absolute Gasteiger partial charge is 0.299 e. The van der Waals surface area contributed by atoms with E-state index >= 15 is 0 Å². The third-order valence-electron chi connectivity index (χ3n) is 4.36. The highest BCUT2D eigenvalue weighted by Crippen LogP contribution is 2.19. The Balaban J connectivity index is 1.73. The molecule has 0 aliphatic carbocycles. The van der Waals surface area contributed by atoms with Crippen molar-refractivity contribution in [3.63, 3.8) is 0 Å². The summed E-state index contributed by atoms with van der Waals surface area (Å²) in [5.74, 6) is 0.299. The summed E-state index contributed by atoms with van der Waals surface area (Å²) in [6.07, 6.45) is 2.25. The zero-order chi connectivity index (χ0) is 13.2. The van der Waals surface area contributed by atoms with E-state index in [9.17, 15) is 4.79 Å². The lowest BCUT2D eigenvalue weighted by atomic mass is 9.97. The number of nitrogens with zero attached hydrogens (tertiary/aromatic N) is 2. The first-order valence-corrected chi connectivity index (χ1v) is 7.37. The molecule has 0 radical (unpaired) electrons. The lowest BCUT2D eigenvalue weighted by Crippen LogP contribution is -2.63. The van der Waals surface area contributed by atoms with Crippen LogP contribution in [0.15, 0.2) is 24.3 Å². The molecule has 3 aliphatic rings. The molecule has 1 unspecified atom stereocenters. The van der Waals surface area contributed by atoms with Crippen molar-refractivity contribution in [2.75, 3.05) is 32.7 Å². The van der Waals surface area contributed by atoms with Gasteiger partial charge in [0, 0.05) is 38.3 Å². The maximum Gasteiger partial charge on any atom is 0.181 e. The quantitative estimate of drug-likeness (QED) is 0.770. The van der Waals surface area contributed by atoms with E-state index in [-0.39, 0.29) is 6.04 Å². The van der Waals surface area contributed by atoms with Crippen LogP contribution in [-0.4, -0.2) is 54.3 Å². The third kappa shape index (κ3) is 2.58. The van der Waals surface area contributed by atoms with Crippen molar-refractivity contribution in [1.29, 1.82) is 0 Å². The van der Waals surface area contributed by atoms with Gasteiger partial charge in [0.15, 0.2) is 5.78 Å². The Hall–Kier alpha value is -1.19. The minimum atomic E-state index is 0.0829. The molecule has 1 aromatic carbocycles. The molecule has 4 rings (SSSR count). The monoisotopic (exact) mass is 258 g/mol. The smallest absolute Gasteiger partial charge is 0.181 e. The molecule has 3 heteroatoms. The molecule has 19 heavy (non-hydrogen) atoms. The number of ketones is 1. The number of carbonyl (C=O) groups is 1. The average Bonchev–Trinajstić information content (AvgIpc) is 2.49. The Labute approximate surface area is 115 Å². The molecule has 0 N–H and O–H groups in total. The van der Waals surface area contributed by atoms with Crippen LogP contribution in [-0.2, 0) is 6.42 Å². The highest BCUT2D eigenvalue weighted by atomic mass is 16.1. The summed E-state index contributed by atoms with van der Waals surface area (Å²) in [6.45, 7) is 7.43. The zero-order valence-electron chi connectivity index (χ0n) is 11.6. The first-order valence-electron chi connectivity index (χ1n) is 7.37. The van der Waals surface area contributed by atoms with Gasteiger partial charge in [-0.15, -0.1) is 0 Å². The van der Waals surface area contributed by atoms with E-state index in [1.807, 2.05) is 12.1 Å². The lowest BCUT2D eigenvalue weighted by molar-refractivity contribution is 0.0159. The zero-order valence-corrected chi connectivity index (χ0v) is 11.6. The van der Waals surface area contributed by atoms with Crippen molar-refractivity contribution in [3.8, 4) is 0 Å². The van der Waals surface area contributed by atoms with Crippen LogP contribution >= 0.6 is 0 Å². The molecule has 1 atom stereocenters. The second-order valence-electron chi connectivity index (χ2n) is 5.66. The standard InChI is InChI=1S/C16H22N2O/c1-2-3-13-4-6-14(7-5-13)16(19)15-12-17-8-10-18(15)11-9-17/h4-7,15H,2-3,8-12H2,1H3. The topological polar surface area (TPSA) is 23.6 Å². The van der Waals surface area contributed by atoms with E-state index in [1.54, 1.807) is 0 Å². The molecule has 1 aromatic rings. The number of carbonyl (C=O) groups excluding carboxylic acids is 1. The Kier molecular flexibility index (Phi) is 3.67. The van der Waals surface area contributed by atoms with Gasteiger partial charge in [0.2, 0.25) is 0 Å². The Morgan fingerprint density at radius 3 is 2.37 bits per heavy atom. The molecular weight excluding hydrogens is 236 g/mol. The average molecular weight is 258 g/mol. The Morgan fingerprint density at radius 1 is 1.16 bits per heavy atom. The molecule has 0 aromatic heterocycles. The summed E-state index contributed by atoms with van der Waals surface area (Å²) in [6, 6.07) is 8.30. The van der Waals surface area contributed by atoms with Gasteiger partial charge in [-0.05, 0) is 12.0 Å². The predicted molar refractivity (Wildman–Crippen MR) is 76.6 cm³/mol. The van der Waals surface area contributed by atoms with Crippen LogP contribution in [0, 0.1) is 0 Å². The first kappa shape index (κ1) is 12.8.